The molecule has 7 nitrogen and oxygen atoms in total. The topological polar surface area (TPSA) is 99.8 Å². The normalized spacial score (nSPS) is 18.7. The van der Waals surface area contributed by atoms with Crippen molar-refractivity contribution < 1.29 is 10.0 Å². The summed E-state index contributed by atoms with van der Waals surface area (Å²) >= 11 is 1.79. The van der Waals surface area contributed by atoms with Crippen molar-refractivity contribution in [2.24, 2.45) is 4.99 Å². The number of aliphatic hydroxyl groups excluding tert-OH is 1. The molecule has 0 saturated heterocycles. The predicted octanol–water partition coefficient (Wildman–Crippen LogP) is 4.34. The van der Waals surface area contributed by atoms with Crippen molar-refractivity contribution in [3.8, 4) is 0 Å². The van der Waals surface area contributed by atoms with Gasteiger partial charge in [0.2, 0.25) is 0 Å². The molecule has 31 heavy (non-hydrogen) atoms. The van der Waals surface area contributed by atoms with Crippen LogP contribution in [-0.2, 0) is 6.54 Å². The number of guanidine groups is 1. The van der Waals surface area contributed by atoms with Gasteiger partial charge in [-0.3, -0.25) is 10.1 Å². The second kappa shape index (κ2) is 13.5. The van der Waals surface area contributed by atoms with Crippen LogP contribution in [0, 0.1) is 10.1 Å². The minimum atomic E-state index is -0.399. The van der Waals surface area contributed by atoms with E-state index in [4.69, 9.17) is 0 Å². The van der Waals surface area contributed by atoms with Crippen LogP contribution in [0.25, 0.3) is 0 Å². The number of hydrogen-bond acceptors (Lipinski definition) is 5. The molecule has 0 spiro atoms. The molecule has 1 fully saturated rings. The molecule has 1 aliphatic rings. The van der Waals surface area contributed by atoms with Crippen molar-refractivity contribution in [2.45, 2.75) is 49.3 Å². The van der Waals surface area contributed by atoms with E-state index in [0.29, 0.717) is 12.6 Å². The van der Waals surface area contributed by atoms with Crippen LogP contribution in [0.15, 0.2) is 64.5 Å². The number of halogens is 1. The maximum atomic E-state index is 10.8. The van der Waals surface area contributed by atoms with Crippen LogP contribution >= 0.6 is 35.7 Å². The number of nitro groups is 1. The number of aliphatic hydroxyl groups is 1. The first kappa shape index (κ1) is 25.4. The molecule has 0 bridgehead atoms. The first-order chi connectivity index (χ1) is 14.6. The van der Waals surface area contributed by atoms with Crippen LogP contribution in [0.1, 0.15) is 31.2 Å². The standard InChI is InChI=1S/C22H28N4O3S.HI/c27-20-12-8-18(9-13-20)25-22(23-14-15-30-21-4-2-1-3-5-21)24-16-17-6-10-19(11-7-17)26(28)29;/h1-7,10-11,18,20,27H,8-9,12-16H2,(H2,23,24,25);1H. The summed E-state index contributed by atoms with van der Waals surface area (Å²) in [7, 11) is 0. The van der Waals surface area contributed by atoms with Crippen LogP contribution in [-0.4, -0.2) is 40.4 Å². The van der Waals surface area contributed by atoms with Crippen LogP contribution < -0.4 is 10.6 Å². The highest BCUT2D eigenvalue weighted by Crippen LogP contribution is 2.19. The van der Waals surface area contributed by atoms with E-state index in [-0.39, 0.29) is 35.8 Å². The molecule has 0 unspecified atom stereocenters. The highest BCUT2D eigenvalue weighted by Gasteiger charge is 2.20. The van der Waals surface area contributed by atoms with E-state index in [1.807, 2.05) is 18.2 Å². The van der Waals surface area contributed by atoms with Gasteiger partial charge in [0.1, 0.15) is 0 Å². The quantitative estimate of drug-likeness (QED) is 0.0851. The monoisotopic (exact) mass is 556 g/mol. The summed E-state index contributed by atoms with van der Waals surface area (Å²) < 4.78 is 0. The van der Waals surface area contributed by atoms with E-state index >= 15 is 0 Å². The lowest BCUT2D eigenvalue weighted by molar-refractivity contribution is -0.384. The van der Waals surface area contributed by atoms with E-state index in [9.17, 15) is 15.2 Å². The zero-order valence-electron chi connectivity index (χ0n) is 17.3. The molecular formula is C22H29IN4O3S. The Hall–Kier alpha value is -1.85. The molecule has 9 heteroatoms. The number of non-ortho nitro benzene ring substituents is 1. The average Bonchev–Trinajstić information content (AvgIpc) is 2.77. The van der Waals surface area contributed by atoms with Crippen molar-refractivity contribution in [2.75, 3.05) is 12.3 Å². The molecule has 1 saturated carbocycles. The molecule has 3 N–H and O–H groups in total. The van der Waals surface area contributed by atoms with Crippen molar-refractivity contribution in [3.63, 3.8) is 0 Å². The number of nitro benzene ring substituents is 1. The van der Waals surface area contributed by atoms with Crippen LogP contribution in [0.2, 0.25) is 0 Å². The molecule has 3 rings (SSSR count). The predicted molar refractivity (Wildman–Crippen MR) is 136 cm³/mol. The van der Waals surface area contributed by atoms with E-state index < -0.39 is 4.92 Å². The first-order valence-corrected chi connectivity index (χ1v) is 11.2. The third-order valence-electron chi connectivity index (χ3n) is 5.01. The lowest BCUT2D eigenvalue weighted by Crippen LogP contribution is -2.46. The Bertz CT molecular complexity index is 828. The largest absolute Gasteiger partial charge is 0.393 e. The molecule has 168 valence electrons. The lowest BCUT2D eigenvalue weighted by Gasteiger charge is -2.27. The van der Waals surface area contributed by atoms with Gasteiger partial charge >= 0.3 is 0 Å². The van der Waals surface area contributed by atoms with Gasteiger partial charge in [0.05, 0.1) is 17.6 Å². The number of nitrogens with zero attached hydrogens (tertiary/aromatic N) is 2. The number of nitrogens with one attached hydrogen (secondary N) is 2. The summed E-state index contributed by atoms with van der Waals surface area (Å²) in [6.45, 7) is 1.20. The minimum absolute atomic E-state index is 0. The maximum absolute atomic E-state index is 10.8. The first-order valence-electron chi connectivity index (χ1n) is 10.2. The summed E-state index contributed by atoms with van der Waals surface area (Å²) in [6, 6.07) is 17.0. The van der Waals surface area contributed by atoms with Gasteiger partial charge in [0.25, 0.3) is 5.69 Å². The summed E-state index contributed by atoms with van der Waals surface area (Å²) in [4.78, 5) is 16.3. The van der Waals surface area contributed by atoms with Gasteiger partial charge in [-0.05, 0) is 43.4 Å². The summed E-state index contributed by atoms with van der Waals surface area (Å²) in [6.07, 6.45) is 3.24. The third kappa shape index (κ3) is 9.04. The molecule has 0 aromatic heterocycles. The maximum Gasteiger partial charge on any atom is 0.269 e. The zero-order chi connectivity index (χ0) is 21.2. The van der Waals surface area contributed by atoms with Gasteiger partial charge in [0, 0.05) is 35.4 Å². The fourth-order valence-electron chi connectivity index (χ4n) is 3.31. The molecule has 0 radical (unpaired) electrons. The van der Waals surface area contributed by atoms with Crippen LogP contribution in [0.3, 0.4) is 0 Å². The minimum Gasteiger partial charge on any atom is -0.393 e. The Labute approximate surface area is 204 Å². The molecular weight excluding hydrogens is 527 g/mol. The Balaban J connectivity index is 0.00000341. The highest BCUT2D eigenvalue weighted by atomic mass is 127. The number of rotatable bonds is 8. The van der Waals surface area contributed by atoms with Crippen LogP contribution in [0.4, 0.5) is 5.69 Å². The smallest absolute Gasteiger partial charge is 0.269 e. The Kier molecular flexibility index (Phi) is 11.1. The molecule has 2 aromatic rings. The molecule has 0 aliphatic heterocycles. The fourth-order valence-corrected chi connectivity index (χ4v) is 4.10. The number of thioether (sulfide) groups is 1. The molecule has 2 aromatic carbocycles. The second-order valence-electron chi connectivity index (χ2n) is 7.33. The van der Waals surface area contributed by atoms with E-state index in [0.717, 1.165) is 49.5 Å². The van der Waals surface area contributed by atoms with Gasteiger partial charge in [-0.2, -0.15) is 0 Å². The molecule has 0 amide bonds. The molecule has 0 atom stereocenters. The number of aliphatic imine (C=N–C) groups is 1. The van der Waals surface area contributed by atoms with Gasteiger partial charge in [0.15, 0.2) is 5.96 Å². The van der Waals surface area contributed by atoms with E-state index in [1.54, 1.807) is 23.9 Å². The van der Waals surface area contributed by atoms with Crippen LogP contribution in [0.5, 0.6) is 0 Å². The molecule has 1 aliphatic carbocycles. The third-order valence-corrected chi connectivity index (χ3v) is 6.02. The van der Waals surface area contributed by atoms with Gasteiger partial charge in [-0.25, -0.2) is 4.99 Å². The van der Waals surface area contributed by atoms with Crippen molar-refractivity contribution in [3.05, 3.63) is 70.3 Å². The highest BCUT2D eigenvalue weighted by molar-refractivity contribution is 14.0. The van der Waals surface area contributed by atoms with Gasteiger partial charge < -0.3 is 15.7 Å². The number of benzene rings is 2. The Morgan fingerprint density at radius 2 is 1.77 bits per heavy atom. The van der Waals surface area contributed by atoms with Gasteiger partial charge in [-0.1, -0.05) is 30.3 Å². The summed E-state index contributed by atoms with van der Waals surface area (Å²) in [5.41, 5.74) is 0.998. The summed E-state index contributed by atoms with van der Waals surface area (Å²) in [5, 5.41) is 27.4. The lowest BCUT2D eigenvalue weighted by atomic mass is 9.93. The Morgan fingerprint density at radius 3 is 2.42 bits per heavy atom. The van der Waals surface area contributed by atoms with Crippen molar-refractivity contribution in [1.29, 1.82) is 0 Å². The average molecular weight is 556 g/mol. The van der Waals surface area contributed by atoms with E-state index in [2.05, 4.69) is 27.8 Å². The fraction of sp³-hybridized carbons (Fsp3) is 0.409. The van der Waals surface area contributed by atoms with Crippen molar-refractivity contribution >= 4 is 47.4 Å². The Morgan fingerprint density at radius 1 is 1.10 bits per heavy atom. The SMILES string of the molecule is I.O=[N+]([O-])c1ccc(CN=C(NCCSc2ccccc2)NC2CCC(O)CC2)cc1. The van der Waals surface area contributed by atoms with Crippen molar-refractivity contribution in [1.82, 2.24) is 10.6 Å². The zero-order valence-corrected chi connectivity index (χ0v) is 20.4. The second-order valence-corrected chi connectivity index (χ2v) is 8.49. The van der Waals surface area contributed by atoms with E-state index in [1.165, 1.54) is 17.0 Å². The molecule has 0 heterocycles. The van der Waals surface area contributed by atoms with Gasteiger partial charge in [-0.15, -0.1) is 35.7 Å². The number of hydrogen-bond donors (Lipinski definition) is 3. The summed E-state index contributed by atoms with van der Waals surface area (Å²) in [5.74, 6) is 1.65.